The molecule has 2 aliphatic heterocycles. The molecule has 0 saturated heterocycles. The van der Waals surface area contributed by atoms with Crippen LogP contribution in [0.15, 0.2) is 41.2 Å². The summed E-state index contributed by atoms with van der Waals surface area (Å²) in [6.45, 7) is 4.10. The fourth-order valence-corrected chi connectivity index (χ4v) is 5.20. The fraction of sp³-hybridized carbons (Fsp3) is 0.417. The summed E-state index contributed by atoms with van der Waals surface area (Å²) in [4.78, 5) is 31.7. The van der Waals surface area contributed by atoms with Crippen LogP contribution in [0.4, 0.5) is 5.69 Å². The second kappa shape index (κ2) is 7.43. The third-order valence-corrected chi connectivity index (χ3v) is 6.81. The van der Waals surface area contributed by atoms with Crippen LogP contribution in [-0.4, -0.2) is 46.5 Å². The van der Waals surface area contributed by atoms with Crippen LogP contribution in [0.5, 0.6) is 0 Å². The Bertz CT molecular complexity index is 1180. The summed E-state index contributed by atoms with van der Waals surface area (Å²) in [5.41, 5.74) is 6.97. The van der Waals surface area contributed by atoms with Crippen LogP contribution in [0.1, 0.15) is 30.0 Å². The van der Waals surface area contributed by atoms with Crippen molar-refractivity contribution in [3.8, 4) is 0 Å². The van der Waals surface area contributed by atoms with E-state index in [0.717, 1.165) is 62.0 Å². The SMILES string of the molecule is CC(=O)N1CCCc2c(CCN(C)[C@@H]3Cc4cccc5[nH]c(=O)n(c45)C3)cccc21. The van der Waals surface area contributed by atoms with Gasteiger partial charge in [-0.05, 0) is 61.6 Å². The van der Waals surface area contributed by atoms with Gasteiger partial charge in [-0.15, -0.1) is 0 Å². The van der Waals surface area contributed by atoms with E-state index in [9.17, 15) is 9.59 Å². The van der Waals surface area contributed by atoms with E-state index in [-0.39, 0.29) is 11.6 Å². The molecule has 0 aliphatic carbocycles. The first-order chi connectivity index (χ1) is 14.5. The van der Waals surface area contributed by atoms with Gasteiger partial charge in [0.25, 0.3) is 0 Å². The lowest BCUT2D eigenvalue weighted by Gasteiger charge is -2.33. The standard InChI is InChI=1S/C24H28N4O2/c1-16(29)27-12-5-8-20-17(6-4-10-22(20)27)11-13-26(2)19-14-18-7-3-9-21-23(18)28(15-19)24(30)25-21/h3-4,6-7,9-10,19H,5,8,11-15H2,1-2H3,(H,25,30)/t19-/m1/s1. The number of likely N-dealkylation sites (N-methyl/N-ethyl adjacent to an activating group) is 1. The highest BCUT2D eigenvalue weighted by atomic mass is 16.2. The smallest absolute Gasteiger partial charge is 0.312 e. The van der Waals surface area contributed by atoms with Crippen LogP contribution in [-0.2, 0) is 30.6 Å². The van der Waals surface area contributed by atoms with Gasteiger partial charge in [-0.1, -0.05) is 24.3 Å². The minimum atomic E-state index is -0.0167. The number of rotatable bonds is 4. The second-order valence-corrected chi connectivity index (χ2v) is 8.63. The van der Waals surface area contributed by atoms with Crippen LogP contribution in [0.25, 0.3) is 11.0 Å². The topological polar surface area (TPSA) is 61.3 Å². The van der Waals surface area contributed by atoms with Gasteiger partial charge in [0.1, 0.15) is 0 Å². The van der Waals surface area contributed by atoms with Crippen LogP contribution in [0.3, 0.4) is 0 Å². The van der Waals surface area contributed by atoms with Crippen molar-refractivity contribution < 1.29 is 4.79 Å². The highest BCUT2D eigenvalue weighted by molar-refractivity contribution is 5.93. The molecule has 0 bridgehead atoms. The fourth-order valence-electron chi connectivity index (χ4n) is 5.20. The van der Waals surface area contributed by atoms with Crippen molar-refractivity contribution in [1.82, 2.24) is 14.5 Å². The highest BCUT2D eigenvalue weighted by Gasteiger charge is 2.26. The van der Waals surface area contributed by atoms with Gasteiger partial charge in [-0.2, -0.15) is 0 Å². The molecule has 3 heterocycles. The average molecular weight is 405 g/mol. The van der Waals surface area contributed by atoms with Gasteiger partial charge in [-0.25, -0.2) is 4.79 Å². The molecular weight excluding hydrogens is 376 g/mol. The van der Waals surface area contributed by atoms with Gasteiger partial charge >= 0.3 is 5.69 Å². The number of amides is 1. The van der Waals surface area contributed by atoms with E-state index in [1.54, 1.807) is 6.92 Å². The molecule has 5 rings (SSSR count). The predicted molar refractivity (Wildman–Crippen MR) is 119 cm³/mol. The van der Waals surface area contributed by atoms with Crippen molar-refractivity contribution in [2.75, 3.05) is 25.0 Å². The number of imidazole rings is 1. The summed E-state index contributed by atoms with van der Waals surface area (Å²) >= 11 is 0. The van der Waals surface area contributed by atoms with E-state index in [1.165, 1.54) is 16.7 Å². The number of nitrogens with one attached hydrogen (secondary N) is 1. The van der Waals surface area contributed by atoms with Crippen molar-refractivity contribution in [2.45, 2.75) is 45.2 Å². The molecule has 1 amide bonds. The van der Waals surface area contributed by atoms with Crippen molar-refractivity contribution in [3.63, 3.8) is 0 Å². The normalized spacial score (nSPS) is 18.1. The monoisotopic (exact) mass is 404 g/mol. The Morgan fingerprint density at radius 3 is 2.90 bits per heavy atom. The maximum Gasteiger partial charge on any atom is 0.326 e. The molecule has 0 radical (unpaired) electrons. The zero-order valence-corrected chi connectivity index (χ0v) is 17.6. The molecule has 1 atom stereocenters. The number of benzene rings is 2. The Hall–Kier alpha value is -2.86. The molecule has 2 aromatic carbocycles. The molecule has 0 fully saturated rings. The van der Waals surface area contributed by atoms with Crippen molar-refractivity contribution >= 4 is 22.6 Å². The molecular formula is C24H28N4O2. The molecule has 156 valence electrons. The van der Waals surface area contributed by atoms with Gasteiger partial charge in [-0.3, -0.25) is 9.36 Å². The Labute approximate surface area is 176 Å². The molecule has 0 unspecified atom stereocenters. The van der Waals surface area contributed by atoms with Crippen LogP contribution in [0, 0.1) is 0 Å². The number of hydrogen-bond acceptors (Lipinski definition) is 3. The number of hydrogen-bond donors (Lipinski definition) is 1. The number of fused-ring (bicyclic) bond motifs is 1. The minimum absolute atomic E-state index is 0.0167. The Morgan fingerprint density at radius 2 is 2.07 bits per heavy atom. The molecule has 6 heteroatoms. The molecule has 2 aliphatic rings. The number of carbonyl (C=O) groups excluding carboxylic acids is 1. The lowest BCUT2D eigenvalue weighted by Crippen LogP contribution is -2.42. The van der Waals surface area contributed by atoms with E-state index in [2.05, 4.69) is 41.2 Å². The highest BCUT2D eigenvalue weighted by Crippen LogP contribution is 2.31. The van der Waals surface area contributed by atoms with E-state index in [1.807, 2.05) is 21.6 Å². The van der Waals surface area contributed by atoms with Crippen molar-refractivity contribution in [2.24, 2.45) is 0 Å². The first-order valence-corrected chi connectivity index (χ1v) is 10.8. The molecule has 0 spiro atoms. The zero-order chi connectivity index (χ0) is 20.8. The third-order valence-electron chi connectivity index (χ3n) is 6.81. The van der Waals surface area contributed by atoms with Gasteiger partial charge in [0.2, 0.25) is 5.91 Å². The maximum atomic E-state index is 12.4. The van der Waals surface area contributed by atoms with E-state index in [0.29, 0.717) is 6.04 Å². The number of carbonyl (C=O) groups is 1. The predicted octanol–water partition coefficient (Wildman–Crippen LogP) is 2.73. The van der Waals surface area contributed by atoms with Gasteiger partial charge in [0, 0.05) is 38.3 Å². The lowest BCUT2D eigenvalue weighted by atomic mass is 9.94. The van der Waals surface area contributed by atoms with E-state index < -0.39 is 0 Å². The van der Waals surface area contributed by atoms with Gasteiger partial charge in [0.05, 0.1) is 11.0 Å². The molecule has 30 heavy (non-hydrogen) atoms. The summed E-state index contributed by atoms with van der Waals surface area (Å²) in [5, 5.41) is 0. The minimum Gasteiger partial charge on any atom is -0.312 e. The Kier molecular flexibility index (Phi) is 4.74. The first-order valence-electron chi connectivity index (χ1n) is 10.8. The molecule has 0 saturated carbocycles. The number of aromatic nitrogens is 2. The first kappa shape index (κ1) is 19.1. The second-order valence-electron chi connectivity index (χ2n) is 8.63. The van der Waals surface area contributed by atoms with Crippen LogP contribution in [0.2, 0.25) is 0 Å². The number of para-hydroxylation sites is 1. The molecule has 1 aromatic heterocycles. The molecule has 6 nitrogen and oxygen atoms in total. The number of H-pyrrole nitrogens is 1. The quantitative estimate of drug-likeness (QED) is 0.727. The van der Waals surface area contributed by atoms with Crippen LogP contribution < -0.4 is 10.6 Å². The number of nitrogens with zero attached hydrogens (tertiary/aromatic N) is 3. The number of aromatic amines is 1. The van der Waals surface area contributed by atoms with Crippen molar-refractivity contribution in [3.05, 3.63) is 63.6 Å². The van der Waals surface area contributed by atoms with E-state index >= 15 is 0 Å². The van der Waals surface area contributed by atoms with Gasteiger partial charge in [0.15, 0.2) is 0 Å². The molecule has 1 N–H and O–H groups in total. The van der Waals surface area contributed by atoms with Gasteiger partial charge < -0.3 is 14.8 Å². The summed E-state index contributed by atoms with van der Waals surface area (Å²) in [7, 11) is 2.16. The number of anilines is 1. The maximum absolute atomic E-state index is 12.4. The Balaban J connectivity index is 1.34. The van der Waals surface area contributed by atoms with E-state index in [4.69, 9.17) is 0 Å². The zero-order valence-electron chi connectivity index (χ0n) is 17.6. The van der Waals surface area contributed by atoms with Crippen molar-refractivity contribution in [1.29, 1.82) is 0 Å². The summed E-state index contributed by atoms with van der Waals surface area (Å²) in [6.07, 6.45) is 3.95. The average Bonchev–Trinajstić information content (AvgIpc) is 3.08. The van der Waals surface area contributed by atoms with Crippen LogP contribution >= 0.6 is 0 Å². The third kappa shape index (κ3) is 3.16. The Morgan fingerprint density at radius 1 is 1.23 bits per heavy atom. The summed E-state index contributed by atoms with van der Waals surface area (Å²) < 4.78 is 1.89. The largest absolute Gasteiger partial charge is 0.326 e. The lowest BCUT2D eigenvalue weighted by molar-refractivity contribution is -0.116. The molecule has 3 aromatic rings. The summed E-state index contributed by atoms with van der Waals surface area (Å²) in [6, 6.07) is 12.8. The summed E-state index contributed by atoms with van der Waals surface area (Å²) in [5.74, 6) is 0.120.